The molecule has 154 valence electrons. The summed E-state index contributed by atoms with van der Waals surface area (Å²) in [6, 6.07) is 14.4. The van der Waals surface area contributed by atoms with Crippen LogP contribution in [-0.2, 0) is 24.3 Å². The van der Waals surface area contributed by atoms with Gasteiger partial charge in [-0.15, -0.1) is 11.3 Å². The van der Waals surface area contributed by atoms with Gasteiger partial charge < -0.3 is 10.2 Å². The van der Waals surface area contributed by atoms with Crippen LogP contribution in [-0.4, -0.2) is 28.2 Å². The van der Waals surface area contributed by atoms with Gasteiger partial charge in [-0.3, -0.25) is 9.59 Å². The van der Waals surface area contributed by atoms with Crippen LogP contribution in [0.25, 0.3) is 0 Å². The fourth-order valence-corrected chi connectivity index (χ4v) is 4.34. The van der Waals surface area contributed by atoms with E-state index < -0.39 is 0 Å². The van der Waals surface area contributed by atoms with Gasteiger partial charge in [-0.1, -0.05) is 36.4 Å². The number of carbonyl (C=O) groups excluding carboxylic acids is 2. The minimum Gasteiger partial charge on any atom is -0.351 e. The van der Waals surface area contributed by atoms with E-state index in [1.165, 1.54) is 34.6 Å². The Bertz CT molecular complexity index is 1020. The molecule has 30 heavy (non-hydrogen) atoms. The zero-order valence-corrected chi connectivity index (χ0v) is 17.3. The lowest BCUT2D eigenvalue weighted by Crippen LogP contribution is -2.28. The molecule has 2 heterocycles. The van der Waals surface area contributed by atoms with Gasteiger partial charge in [0.1, 0.15) is 10.7 Å². The van der Waals surface area contributed by atoms with E-state index in [1.54, 1.807) is 18.3 Å². The highest BCUT2D eigenvalue weighted by molar-refractivity contribution is 7.13. The number of fused-ring (bicyclic) bond motifs is 1. The second-order valence-corrected chi connectivity index (χ2v) is 8.41. The Morgan fingerprint density at radius 3 is 2.47 bits per heavy atom. The number of hydrogen-bond acceptors (Lipinski definition) is 4. The van der Waals surface area contributed by atoms with Gasteiger partial charge in [-0.05, 0) is 35.2 Å². The summed E-state index contributed by atoms with van der Waals surface area (Å²) in [6.45, 7) is 1.77. The molecule has 0 fully saturated rings. The minimum absolute atomic E-state index is 0.111. The second-order valence-electron chi connectivity index (χ2n) is 7.30. The van der Waals surface area contributed by atoms with E-state index in [0.717, 1.165) is 10.6 Å². The first-order valence-corrected chi connectivity index (χ1v) is 10.7. The van der Waals surface area contributed by atoms with Gasteiger partial charge >= 0.3 is 0 Å². The molecule has 7 heteroatoms. The van der Waals surface area contributed by atoms with E-state index in [-0.39, 0.29) is 17.6 Å². The molecule has 1 aliphatic heterocycles. The Morgan fingerprint density at radius 2 is 1.77 bits per heavy atom. The number of benzene rings is 2. The molecule has 0 aliphatic carbocycles. The molecule has 1 N–H and O–H groups in total. The van der Waals surface area contributed by atoms with E-state index in [9.17, 15) is 14.0 Å². The molecular formula is C23H22FN3O2S. The monoisotopic (exact) mass is 423 g/mol. The van der Waals surface area contributed by atoms with Crippen molar-refractivity contribution in [3.05, 3.63) is 87.1 Å². The average Bonchev–Trinajstić information content (AvgIpc) is 3.39. The van der Waals surface area contributed by atoms with Crippen molar-refractivity contribution >= 4 is 23.2 Å². The summed E-state index contributed by atoms with van der Waals surface area (Å²) >= 11 is 1.33. The third-order valence-electron chi connectivity index (χ3n) is 5.09. The number of carbonyl (C=O) groups is 2. The topological polar surface area (TPSA) is 62.3 Å². The number of rotatable bonds is 7. The van der Waals surface area contributed by atoms with Crippen molar-refractivity contribution in [2.75, 3.05) is 6.54 Å². The highest BCUT2D eigenvalue weighted by Crippen LogP contribution is 2.23. The SMILES string of the molecule is O=C(NCCCC(=O)N1Cc2ccccc2C1)c1cnc(Cc2ccc(F)cc2)s1. The summed E-state index contributed by atoms with van der Waals surface area (Å²) in [4.78, 5) is 31.4. The Balaban J connectivity index is 1.19. The molecule has 4 rings (SSSR count). The van der Waals surface area contributed by atoms with E-state index in [2.05, 4.69) is 22.4 Å². The van der Waals surface area contributed by atoms with Gasteiger partial charge in [0, 0.05) is 32.5 Å². The largest absolute Gasteiger partial charge is 0.351 e. The van der Waals surface area contributed by atoms with E-state index in [0.29, 0.717) is 43.8 Å². The van der Waals surface area contributed by atoms with Crippen LogP contribution in [0, 0.1) is 5.82 Å². The Hall–Kier alpha value is -3.06. The summed E-state index contributed by atoms with van der Waals surface area (Å²) in [5.41, 5.74) is 3.36. The van der Waals surface area contributed by atoms with Gasteiger partial charge in [-0.2, -0.15) is 0 Å². The fraction of sp³-hybridized carbons (Fsp3) is 0.261. The van der Waals surface area contributed by atoms with Crippen molar-refractivity contribution < 1.29 is 14.0 Å². The molecule has 2 amide bonds. The predicted molar refractivity (Wildman–Crippen MR) is 114 cm³/mol. The molecule has 0 spiro atoms. The number of aromatic nitrogens is 1. The van der Waals surface area contributed by atoms with Crippen LogP contribution in [0.2, 0.25) is 0 Å². The Morgan fingerprint density at radius 1 is 1.07 bits per heavy atom. The summed E-state index contributed by atoms with van der Waals surface area (Å²) in [5, 5.41) is 3.66. The van der Waals surface area contributed by atoms with Gasteiger partial charge in [0.05, 0.1) is 11.2 Å². The summed E-state index contributed by atoms with van der Waals surface area (Å²) in [5.74, 6) is -0.343. The molecule has 0 unspecified atom stereocenters. The molecule has 1 aromatic heterocycles. The fourth-order valence-electron chi connectivity index (χ4n) is 3.47. The third kappa shape index (κ3) is 4.91. The average molecular weight is 424 g/mol. The van der Waals surface area contributed by atoms with Crippen LogP contribution >= 0.6 is 11.3 Å². The predicted octanol–water partition coefficient (Wildman–Crippen LogP) is 3.93. The molecule has 0 saturated heterocycles. The standard InChI is InChI=1S/C23H22FN3O2S/c24-19-9-7-16(8-10-19)12-21-26-13-20(30-21)23(29)25-11-3-6-22(28)27-14-17-4-1-2-5-18(17)15-27/h1-2,4-5,7-10,13H,3,6,11-12,14-15H2,(H,25,29). The second kappa shape index (κ2) is 9.17. The van der Waals surface area contributed by atoms with Crippen LogP contribution < -0.4 is 5.32 Å². The van der Waals surface area contributed by atoms with Gasteiger partial charge in [0.15, 0.2) is 0 Å². The van der Waals surface area contributed by atoms with Gasteiger partial charge in [0.25, 0.3) is 5.91 Å². The van der Waals surface area contributed by atoms with Crippen LogP contribution in [0.4, 0.5) is 4.39 Å². The van der Waals surface area contributed by atoms with Crippen LogP contribution in [0.3, 0.4) is 0 Å². The Kier molecular flexibility index (Phi) is 6.18. The number of nitrogens with one attached hydrogen (secondary N) is 1. The first-order chi connectivity index (χ1) is 14.6. The van der Waals surface area contributed by atoms with Crippen LogP contribution in [0.5, 0.6) is 0 Å². The molecule has 0 saturated carbocycles. The number of halogens is 1. The lowest BCUT2D eigenvalue weighted by molar-refractivity contribution is -0.131. The van der Waals surface area contributed by atoms with Gasteiger partial charge in [0.2, 0.25) is 5.91 Å². The molecule has 2 aromatic carbocycles. The zero-order valence-electron chi connectivity index (χ0n) is 16.4. The summed E-state index contributed by atoms with van der Waals surface area (Å²) in [6.07, 6.45) is 3.13. The van der Waals surface area contributed by atoms with Crippen molar-refractivity contribution in [1.29, 1.82) is 0 Å². The highest BCUT2D eigenvalue weighted by atomic mass is 32.1. The summed E-state index contributed by atoms with van der Waals surface area (Å²) < 4.78 is 13.0. The highest BCUT2D eigenvalue weighted by Gasteiger charge is 2.22. The minimum atomic E-state index is -0.272. The van der Waals surface area contributed by atoms with E-state index >= 15 is 0 Å². The van der Waals surface area contributed by atoms with Crippen molar-refractivity contribution in [2.24, 2.45) is 0 Å². The normalized spacial score (nSPS) is 12.6. The number of hydrogen-bond donors (Lipinski definition) is 1. The third-order valence-corrected chi connectivity index (χ3v) is 6.09. The summed E-state index contributed by atoms with van der Waals surface area (Å²) in [7, 11) is 0. The molecule has 0 radical (unpaired) electrons. The van der Waals surface area contributed by atoms with Gasteiger partial charge in [-0.25, -0.2) is 9.37 Å². The lowest BCUT2D eigenvalue weighted by Gasteiger charge is -2.15. The number of thiazole rings is 1. The maximum absolute atomic E-state index is 13.0. The molecule has 0 bridgehead atoms. The van der Waals surface area contributed by atoms with Crippen LogP contribution in [0.1, 0.15) is 44.2 Å². The molecule has 1 aliphatic rings. The van der Waals surface area contributed by atoms with Crippen molar-refractivity contribution in [2.45, 2.75) is 32.4 Å². The first-order valence-electron chi connectivity index (χ1n) is 9.90. The zero-order chi connectivity index (χ0) is 20.9. The van der Waals surface area contributed by atoms with Crippen LogP contribution in [0.15, 0.2) is 54.7 Å². The maximum atomic E-state index is 13.0. The Labute approximate surface area is 178 Å². The van der Waals surface area contributed by atoms with Crippen molar-refractivity contribution in [3.8, 4) is 0 Å². The number of amides is 2. The molecule has 5 nitrogen and oxygen atoms in total. The quantitative estimate of drug-likeness (QED) is 0.586. The van der Waals surface area contributed by atoms with Crippen molar-refractivity contribution in [1.82, 2.24) is 15.2 Å². The molecular weight excluding hydrogens is 401 g/mol. The van der Waals surface area contributed by atoms with E-state index in [1.807, 2.05) is 17.0 Å². The smallest absolute Gasteiger partial charge is 0.263 e. The van der Waals surface area contributed by atoms with E-state index in [4.69, 9.17) is 0 Å². The number of nitrogens with zero attached hydrogens (tertiary/aromatic N) is 2. The first kappa shape index (κ1) is 20.2. The van der Waals surface area contributed by atoms with Crippen molar-refractivity contribution in [3.63, 3.8) is 0 Å². The lowest BCUT2D eigenvalue weighted by atomic mass is 10.1. The maximum Gasteiger partial charge on any atom is 0.263 e. The molecule has 0 atom stereocenters. The molecule has 3 aromatic rings.